The van der Waals surface area contributed by atoms with Crippen LogP contribution in [0.1, 0.15) is 57.2 Å². The molecular weight excluding hydrogens is 420 g/mol. The summed E-state index contributed by atoms with van der Waals surface area (Å²) in [6.45, 7) is 9.70. The van der Waals surface area contributed by atoms with Crippen LogP contribution in [0.4, 0.5) is 8.78 Å². The van der Waals surface area contributed by atoms with Gasteiger partial charge >= 0.3 is 0 Å². The van der Waals surface area contributed by atoms with E-state index >= 15 is 0 Å². The summed E-state index contributed by atoms with van der Waals surface area (Å²) in [5.41, 5.74) is 1.39. The van der Waals surface area contributed by atoms with Crippen LogP contribution in [-0.4, -0.2) is 43.5 Å². The molecule has 3 rings (SSSR count). The highest BCUT2D eigenvalue weighted by Gasteiger charge is 2.28. The molecule has 0 aliphatic carbocycles. The Labute approximate surface area is 196 Å². The van der Waals surface area contributed by atoms with E-state index in [1.54, 1.807) is 24.3 Å². The maximum Gasteiger partial charge on any atom is 0.221 e. The lowest BCUT2D eigenvalue weighted by Gasteiger charge is -2.38. The molecule has 0 bridgehead atoms. The molecule has 0 saturated carbocycles. The normalized spacial score (nSPS) is 16.7. The van der Waals surface area contributed by atoms with E-state index in [9.17, 15) is 13.6 Å². The van der Waals surface area contributed by atoms with Gasteiger partial charge in [0.25, 0.3) is 0 Å². The molecule has 4 nitrogen and oxygen atoms in total. The molecule has 1 fully saturated rings. The first-order chi connectivity index (χ1) is 15.7. The minimum Gasteiger partial charge on any atom is -0.345 e. The summed E-state index contributed by atoms with van der Waals surface area (Å²) >= 11 is 0. The van der Waals surface area contributed by atoms with Crippen molar-refractivity contribution in [3.63, 3.8) is 0 Å². The Morgan fingerprint density at radius 1 is 1.03 bits per heavy atom. The number of likely N-dealkylation sites (tertiary alicyclic amines) is 1. The number of piperidine rings is 1. The minimum atomic E-state index is -0.591. The predicted molar refractivity (Wildman–Crippen MR) is 129 cm³/mol. The molecule has 1 atom stereocenters. The van der Waals surface area contributed by atoms with E-state index in [0.29, 0.717) is 29.5 Å². The number of benzene rings is 2. The molecule has 33 heavy (non-hydrogen) atoms. The van der Waals surface area contributed by atoms with Crippen molar-refractivity contribution in [2.45, 2.75) is 52.1 Å². The Morgan fingerprint density at radius 3 is 2.03 bits per heavy atom. The number of hydrogen-bond acceptors (Lipinski definition) is 3. The number of nitrogens with one attached hydrogen (secondary N) is 2. The van der Waals surface area contributed by atoms with Gasteiger partial charge in [-0.2, -0.15) is 0 Å². The van der Waals surface area contributed by atoms with E-state index in [4.69, 9.17) is 0 Å². The summed E-state index contributed by atoms with van der Waals surface area (Å²) < 4.78 is 27.7. The highest BCUT2D eigenvalue weighted by Crippen LogP contribution is 2.27. The second-order valence-corrected chi connectivity index (χ2v) is 10.3. The van der Waals surface area contributed by atoms with Gasteiger partial charge in [-0.1, -0.05) is 45.0 Å². The fraction of sp³-hybridized carbons (Fsp3) is 0.519. The Hall–Kier alpha value is -2.31. The molecule has 2 N–H and O–H groups in total. The third-order valence-corrected chi connectivity index (χ3v) is 6.69. The molecule has 6 heteroatoms. The lowest BCUT2D eigenvalue weighted by atomic mass is 9.85. The molecule has 1 aliphatic heterocycles. The van der Waals surface area contributed by atoms with E-state index in [1.807, 2.05) is 7.05 Å². The van der Waals surface area contributed by atoms with Gasteiger partial charge in [0.05, 0.1) is 6.04 Å². The third-order valence-electron chi connectivity index (χ3n) is 6.69. The standard InChI is InChI=1S/C27H37F2N3O/c1-27(2,3)24(30-4)18-32-13-11-19(12-14-32)15-25(33)31-26(20-7-5-9-22(28)16-20)21-8-6-10-23(29)17-21/h5-10,16-17,19,24,26,30H,11-15,18H2,1-4H3,(H,31,33). The van der Waals surface area contributed by atoms with Crippen LogP contribution >= 0.6 is 0 Å². The summed E-state index contributed by atoms with van der Waals surface area (Å²) in [5, 5.41) is 6.46. The highest BCUT2D eigenvalue weighted by molar-refractivity contribution is 5.77. The van der Waals surface area contributed by atoms with E-state index in [-0.39, 0.29) is 23.0 Å². The fourth-order valence-corrected chi connectivity index (χ4v) is 4.64. The largest absolute Gasteiger partial charge is 0.345 e. The lowest BCUT2D eigenvalue weighted by molar-refractivity contribution is -0.122. The smallest absolute Gasteiger partial charge is 0.221 e. The molecule has 0 radical (unpaired) electrons. The van der Waals surface area contributed by atoms with Crippen molar-refractivity contribution in [1.29, 1.82) is 0 Å². The van der Waals surface area contributed by atoms with E-state index in [2.05, 4.69) is 36.3 Å². The van der Waals surface area contributed by atoms with Gasteiger partial charge in [0.2, 0.25) is 5.91 Å². The number of nitrogens with zero attached hydrogens (tertiary/aromatic N) is 1. The van der Waals surface area contributed by atoms with Crippen molar-refractivity contribution in [2.75, 3.05) is 26.7 Å². The van der Waals surface area contributed by atoms with Gasteiger partial charge in [0, 0.05) is 19.0 Å². The minimum absolute atomic E-state index is 0.0882. The summed E-state index contributed by atoms with van der Waals surface area (Å²) in [6.07, 6.45) is 2.36. The molecule has 1 saturated heterocycles. The predicted octanol–water partition coefficient (Wildman–Crippen LogP) is 4.91. The molecule has 0 aromatic heterocycles. The zero-order valence-electron chi connectivity index (χ0n) is 20.2. The average Bonchev–Trinajstić information content (AvgIpc) is 2.76. The summed E-state index contributed by atoms with van der Waals surface area (Å²) in [4.78, 5) is 15.4. The number of rotatable bonds is 8. The molecule has 1 aliphatic rings. The van der Waals surface area contributed by atoms with Gasteiger partial charge in [-0.25, -0.2) is 8.78 Å². The van der Waals surface area contributed by atoms with Crippen molar-refractivity contribution in [2.24, 2.45) is 11.3 Å². The number of amides is 1. The first-order valence-electron chi connectivity index (χ1n) is 11.9. The number of carbonyl (C=O) groups is 1. The molecule has 1 unspecified atom stereocenters. The van der Waals surface area contributed by atoms with Crippen LogP contribution in [0.2, 0.25) is 0 Å². The summed E-state index contributed by atoms with van der Waals surface area (Å²) in [5.74, 6) is -0.546. The monoisotopic (exact) mass is 457 g/mol. The SMILES string of the molecule is CNC(CN1CCC(CC(=O)NC(c2cccc(F)c2)c2cccc(F)c2)CC1)C(C)(C)C. The number of hydrogen-bond donors (Lipinski definition) is 2. The molecule has 180 valence electrons. The lowest BCUT2D eigenvalue weighted by Crippen LogP contribution is -2.49. The van der Waals surface area contributed by atoms with Crippen LogP contribution in [-0.2, 0) is 4.79 Å². The van der Waals surface area contributed by atoms with Gasteiger partial charge in [0.1, 0.15) is 11.6 Å². The zero-order chi connectivity index (χ0) is 24.0. The Kier molecular flexibility index (Phi) is 8.60. The van der Waals surface area contributed by atoms with Crippen LogP contribution in [0.3, 0.4) is 0 Å². The fourth-order valence-electron chi connectivity index (χ4n) is 4.64. The van der Waals surface area contributed by atoms with E-state index in [0.717, 1.165) is 32.5 Å². The van der Waals surface area contributed by atoms with Crippen molar-refractivity contribution < 1.29 is 13.6 Å². The highest BCUT2D eigenvalue weighted by atomic mass is 19.1. The van der Waals surface area contributed by atoms with Crippen molar-refractivity contribution >= 4 is 5.91 Å². The quantitative estimate of drug-likeness (QED) is 0.592. The molecule has 2 aromatic carbocycles. The maximum atomic E-state index is 13.9. The average molecular weight is 458 g/mol. The van der Waals surface area contributed by atoms with Crippen LogP contribution in [0.25, 0.3) is 0 Å². The van der Waals surface area contributed by atoms with Gasteiger partial charge in [-0.3, -0.25) is 4.79 Å². The van der Waals surface area contributed by atoms with Crippen LogP contribution in [0.15, 0.2) is 48.5 Å². The Bertz CT molecular complexity index is 874. The van der Waals surface area contributed by atoms with Crippen LogP contribution in [0, 0.1) is 23.0 Å². The second-order valence-electron chi connectivity index (χ2n) is 10.3. The van der Waals surface area contributed by atoms with Gasteiger partial charge in [-0.15, -0.1) is 0 Å². The van der Waals surface area contributed by atoms with Crippen molar-refractivity contribution in [3.8, 4) is 0 Å². The van der Waals surface area contributed by atoms with Crippen molar-refractivity contribution in [1.82, 2.24) is 15.5 Å². The Morgan fingerprint density at radius 2 is 1.58 bits per heavy atom. The summed E-state index contributed by atoms with van der Waals surface area (Å²) in [6, 6.07) is 12.0. The van der Waals surface area contributed by atoms with Crippen molar-refractivity contribution in [3.05, 3.63) is 71.3 Å². The van der Waals surface area contributed by atoms with Gasteiger partial charge in [-0.05, 0) is 79.7 Å². The number of likely N-dealkylation sites (N-methyl/N-ethyl adjacent to an activating group) is 1. The van der Waals surface area contributed by atoms with Gasteiger partial charge < -0.3 is 15.5 Å². The zero-order valence-corrected chi connectivity index (χ0v) is 20.2. The van der Waals surface area contributed by atoms with Crippen LogP contribution in [0.5, 0.6) is 0 Å². The molecule has 1 amide bonds. The topological polar surface area (TPSA) is 44.4 Å². The number of carbonyl (C=O) groups excluding carboxylic acids is 1. The first kappa shape index (κ1) is 25.3. The van der Waals surface area contributed by atoms with E-state index in [1.165, 1.54) is 24.3 Å². The van der Waals surface area contributed by atoms with E-state index < -0.39 is 6.04 Å². The molecule has 1 heterocycles. The maximum absolute atomic E-state index is 13.9. The first-order valence-corrected chi connectivity index (χ1v) is 11.9. The molecular formula is C27H37F2N3O. The number of halogens is 2. The Balaban J connectivity index is 1.60. The van der Waals surface area contributed by atoms with Gasteiger partial charge in [0.15, 0.2) is 0 Å². The molecule has 2 aromatic rings. The molecule has 0 spiro atoms. The summed E-state index contributed by atoms with van der Waals surface area (Å²) in [7, 11) is 2.01. The second kappa shape index (κ2) is 11.2. The third kappa shape index (κ3) is 7.34. The van der Waals surface area contributed by atoms with Crippen LogP contribution < -0.4 is 10.6 Å².